The topological polar surface area (TPSA) is 67.3 Å². The molecule has 0 spiro atoms. The monoisotopic (exact) mass is 264 g/mol. The SMILES string of the molecule is CCOc1cc(C)nc(NCC(=O)N2CCCC2)n1. The van der Waals surface area contributed by atoms with Gasteiger partial charge in [0, 0.05) is 24.8 Å². The Bertz CT molecular complexity index is 444. The van der Waals surface area contributed by atoms with Gasteiger partial charge in [-0.25, -0.2) is 4.98 Å². The molecule has 1 N–H and O–H groups in total. The van der Waals surface area contributed by atoms with E-state index in [0.717, 1.165) is 31.6 Å². The molecule has 0 bridgehead atoms. The molecule has 2 rings (SSSR count). The number of anilines is 1. The molecule has 19 heavy (non-hydrogen) atoms. The zero-order chi connectivity index (χ0) is 13.7. The van der Waals surface area contributed by atoms with Crippen LogP contribution in [0, 0.1) is 6.92 Å². The van der Waals surface area contributed by atoms with Crippen molar-refractivity contribution in [2.24, 2.45) is 0 Å². The van der Waals surface area contributed by atoms with Gasteiger partial charge in [-0.1, -0.05) is 0 Å². The molecule has 0 aromatic carbocycles. The molecule has 2 heterocycles. The number of hydrogen-bond acceptors (Lipinski definition) is 5. The second-order valence-electron chi connectivity index (χ2n) is 4.55. The fourth-order valence-electron chi connectivity index (χ4n) is 2.07. The van der Waals surface area contributed by atoms with Crippen LogP contribution in [0.1, 0.15) is 25.5 Å². The first kappa shape index (κ1) is 13.6. The van der Waals surface area contributed by atoms with Crippen LogP contribution in [0.3, 0.4) is 0 Å². The summed E-state index contributed by atoms with van der Waals surface area (Å²) in [5.74, 6) is 1.07. The van der Waals surface area contributed by atoms with Gasteiger partial charge in [0.25, 0.3) is 0 Å². The van der Waals surface area contributed by atoms with Gasteiger partial charge >= 0.3 is 0 Å². The van der Waals surface area contributed by atoms with Gasteiger partial charge in [-0.3, -0.25) is 4.79 Å². The maximum Gasteiger partial charge on any atom is 0.241 e. The standard InChI is InChI=1S/C13H20N4O2/c1-3-19-11-8-10(2)15-13(16-11)14-9-12(18)17-6-4-5-7-17/h8H,3-7,9H2,1-2H3,(H,14,15,16). The van der Waals surface area contributed by atoms with Gasteiger partial charge in [0.2, 0.25) is 17.7 Å². The molecule has 1 aliphatic heterocycles. The largest absolute Gasteiger partial charge is 0.478 e. The third kappa shape index (κ3) is 3.81. The molecule has 104 valence electrons. The third-order valence-electron chi connectivity index (χ3n) is 2.98. The molecular weight excluding hydrogens is 244 g/mol. The average Bonchev–Trinajstić information content (AvgIpc) is 2.89. The Balaban J connectivity index is 1.92. The summed E-state index contributed by atoms with van der Waals surface area (Å²) in [6, 6.07) is 1.77. The second kappa shape index (κ2) is 6.36. The van der Waals surface area contributed by atoms with Crippen LogP contribution >= 0.6 is 0 Å². The molecule has 1 aromatic rings. The van der Waals surface area contributed by atoms with Crippen molar-refractivity contribution in [2.75, 3.05) is 31.6 Å². The molecule has 1 aromatic heterocycles. The Hall–Kier alpha value is -1.85. The number of rotatable bonds is 5. The Labute approximate surface area is 113 Å². The first-order valence-corrected chi connectivity index (χ1v) is 6.69. The van der Waals surface area contributed by atoms with Crippen molar-refractivity contribution in [1.29, 1.82) is 0 Å². The predicted octanol–water partition coefficient (Wildman–Crippen LogP) is 1.22. The molecule has 6 nitrogen and oxygen atoms in total. The quantitative estimate of drug-likeness (QED) is 0.866. The maximum atomic E-state index is 11.9. The van der Waals surface area contributed by atoms with Crippen LogP contribution < -0.4 is 10.1 Å². The number of nitrogens with one attached hydrogen (secondary N) is 1. The first-order valence-electron chi connectivity index (χ1n) is 6.69. The van der Waals surface area contributed by atoms with E-state index in [9.17, 15) is 4.79 Å². The summed E-state index contributed by atoms with van der Waals surface area (Å²) in [5.41, 5.74) is 0.814. The van der Waals surface area contributed by atoms with Crippen LogP contribution in [0.2, 0.25) is 0 Å². The van der Waals surface area contributed by atoms with Crippen LogP contribution in [0.25, 0.3) is 0 Å². The lowest BCUT2D eigenvalue weighted by atomic mass is 10.4. The Morgan fingerprint density at radius 3 is 2.84 bits per heavy atom. The highest BCUT2D eigenvalue weighted by atomic mass is 16.5. The lowest BCUT2D eigenvalue weighted by Crippen LogP contribution is -2.33. The number of amides is 1. The van der Waals surface area contributed by atoms with E-state index in [1.807, 2.05) is 18.7 Å². The summed E-state index contributed by atoms with van der Waals surface area (Å²) < 4.78 is 5.35. The Kier molecular flexibility index (Phi) is 4.54. The zero-order valence-electron chi connectivity index (χ0n) is 11.5. The number of aryl methyl sites for hydroxylation is 1. The molecule has 1 aliphatic rings. The van der Waals surface area contributed by atoms with E-state index in [1.54, 1.807) is 6.07 Å². The normalized spacial score (nSPS) is 14.5. The minimum atomic E-state index is 0.0977. The van der Waals surface area contributed by atoms with Crippen molar-refractivity contribution in [3.8, 4) is 5.88 Å². The van der Waals surface area contributed by atoms with Gasteiger partial charge in [0.15, 0.2) is 0 Å². The summed E-state index contributed by atoms with van der Waals surface area (Å²) in [4.78, 5) is 22.2. The van der Waals surface area contributed by atoms with Crippen molar-refractivity contribution in [1.82, 2.24) is 14.9 Å². The molecule has 0 saturated carbocycles. The van der Waals surface area contributed by atoms with Gasteiger partial charge in [0.1, 0.15) is 0 Å². The molecule has 0 radical (unpaired) electrons. The number of aromatic nitrogens is 2. The molecule has 1 amide bonds. The Morgan fingerprint density at radius 1 is 1.42 bits per heavy atom. The third-order valence-corrected chi connectivity index (χ3v) is 2.98. The lowest BCUT2D eigenvalue weighted by molar-refractivity contribution is -0.128. The van der Waals surface area contributed by atoms with Gasteiger partial charge < -0.3 is 15.0 Å². The van der Waals surface area contributed by atoms with Crippen LogP contribution in [0.5, 0.6) is 5.88 Å². The van der Waals surface area contributed by atoms with Crippen LogP contribution in [-0.4, -0.2) is 47.0 Å². The molecule has 0 aliphatic carbocycles. The van der Waals surface area contributed by atoms with E-state index in [0.29, 0.717) is 18.4 Å². The highest BCUT2D eigenvalue weighted by Gasteiger charge is 2.17. The van der Waals surface area contributed by atoms with Gasteiger partial charge in [-0.2, -0.15) is 4.98 Å². The number of hydrogen-bond donors (Lipinski definition) is 1. The average molecular weight is 264 g/mol. The van der Waals surface area contributed by atoms with Crippen molar-refractivity contribution < 1.29 is 9.53 Å². The molecular formula is C13H20N4O2. The summed E-state index contributed by atoms with van der Waals surface area (Å²) in [7, 11) is 0. The Morgan fingerprint density at radius 2 is 2.16 bits per heavy atom. The minimum absolute atomic E-state index is 0.0977. The van der Waals surface area contributed by atoms with Crippen molar-refractivity contribution >= 4 is 11.9 Å². The highest BCUT2D eigenvalue weighted by molar-refractivity contribution is 5.80. The number of nitrogens with zero attached hydrogens (tertiary/aromatic N) is 3. The molecule has 1 saturated heterocycles. The van der Waals surface area contributed by atoms with Crippen LogP contribution in [-0.2, 0) is 4.79 Å². The number of ether oxygens (including phenoxy) is 1. The smallest absolute Gasteiger partial charge is 0.241 e. The van der Waals surface area contributed by atoms with E-state index in [4.69, 9.17) is 4.74 Å². The van der Waals surface area contributed by atoms with E-state index in [2.05, 4.69) is 15.3 Å². The molecule has 1 fully saturated rings. The van der Waals surface area contributed by atoms with Gasteiger partial charge in [-0.05, 0) is 26.7 Å². The number of carbonyl (C=O) groups excluding carboxylic acids is 1. The number of likely N-dealkylation sites (tertiary alicyclic amines) is 1. The van der Waals surface area contributed by atoms with E-state index in [-0.39, 0.29) is 12.5 Å². The fraction of sp³-hybridized carbons (Fsp3) is 0.615. The van der Waals surface area contributed by atoms with Gasteiger partial charge in [-0.15, -0.1) is 0 Å². The minimum Gasteiger partial charge on any atom is -0.478 e. The van der Waals surface area contributed by atoms with Crippen LogP contribution in [0.15, 0.2) is 6.07 Å². The van der Waals surface area contributed by atoms with Gasteiger partial charge in [0.05, 0.1) is 13.2 Å². The highest BCUT2D eigenvalue weighted by Crippen LogP contribution is 2.12. The lowest BCUT2D eigenvalue weighted by Gasteiger charge is -2.15. The number of carbonyl (C=O) groups is 1. The van der Waals surface area contributed by atoms with E-state index < -0.39 is 0 Å². The summed E-state index contributed by atoms with van der Waals surface area (Å²) in [5, 5.41) is 2.97. The van der Waals surface area contributed by atoms with Crippen LogP contribution in [0.4, 0.5) is 5.95 Å². The molecule has 0 atom stereocenters. The predicted molar refractivity (Wildman–Crippen MR) is 72.2 cm³/mol. The second-order valence-corrected chi connectivity index (χ2v) is 4.55. The zero-order valence-corrected chi connectivity index (χ0v) is 11.5. The summed E-state index contributed by atoms with van der Waals surface area (Å²) >= 11 is 0. The van der Waals surface area contributed by atoms with E-state index >= 15 is 0 Å². The maximum absolute atomic E-state index is 11.9. The van der Waals surface area contributed by atoms with Crippen molar-refractivity contribution in [3.05, 3.63) is 11.8 Å². The van der Waals surface area contributed by atoms with E-state index in [1.165, 1.54) is 0 Å². The molecule has 6 heteroatoms. The van der Waals surface area contributed by atoms with Crippen molar-refractivity contribution in [3.63, 3.8) is 0 Å². The van der Waals surface area contributed by atoms with Crippen molar-refractivity contribution in [2.45, 2.75) is 26.7 Å². The first-order chi connectivity index (χ1) is 9.19. The summed E-state index contributed by atoms with van der Waals surface area (Å²) in [6.07, 6.45) is 2.20. The molecule has 0 unspecified atom stereocenters. The fourth-order valence-corrected chi connectivity index (χ4v) is 2.07. The summed E-state index contributed by atoms with van der Waals surface area (Å²) in [6.45, 7) is 6.29.